The predicted octanol–water partition coefficient (Wildman–Crippen LogP) is 1.02. The summed E-state index contributed by atoms with van der Waals surface area (Å²) in [5.74, 6) is 0.0909. The Balaban J connectivity index is 1.76. The molecule has 1 aliphatic heterocycles. The molecule has 0 aliphatic carbocycles. The van der Waals surface area contributed by atoms with E-state index in [1.54, 1.807) is 0 Å². The number of rotatable bonds is 4. The monoisotopic (exact) mass is 277 g/mol. The fourth-order valence-corrected chi connectivity index (χ4v) is 2.74. The zero-order chi connectivity index (χ0) is 14.5. The highest BCUT2D eigenvalue weighted by molar-refractivity contribution is 5.90. The van der Waals surface area contributed by atoms with Gasteiger partial charge in [-0.15, -0.1) is 0 Å². The van der Waals surface area contributed by atoms with Crippen LogP contribution in [0.2, 0.25) is 0 Å². The Morgan fingerprint density at radius 2 is 1.85 bits per heavy atom. The Hall–Kier alpha value is -1.39. The summed E-state index contributed by atoms with van der Waals surface area (Å²) in [4.78, 5) is 13.4. The number of nitrogens with one attached hydrogen (secondary N) is 2. The summed E-state index contributed by atoms with van der Waals surface area (Å²) in [5, 5.41) is 2.95. The Bertz CT molecular complexity index is 434. The standard InChI is InChI=1S/C16H24N2O2/c1-12-4-6-15(7-5-12)17-16(19)8-9-18-10-13(2)20-14(3)11-18/h4-7,13-14H,8-11H2,1-3H3,(H,17,19)/p+1/t13-,14-/m1/s1. The molecule has 2 N–H and O–H groups in total. The molecule has 4 heteroatoms. The van der Waals surface area contributed by atoms with Crippen LogP contribution in [0.3, 0.4) is 0 Å². The lowest BCUT2D eigenvalue weighted by molar-refractivity contribution is -0.914. The number of benzene rings is 1. The molecule has 1 saturated heterocycles. The lowest BCUT2D eigenvalue weighted by Crippen LogP contribution is -3.15. The van der Waals surface area contributed by atoms with Crippen molar-refractivity contribution in [3.63, 3.8) is 0 Å². The van der Waals surface area contributed by atoms with Gasteiger partial charge in [-0.2, -0.15) is 0 Å². The molecule has 1 aromatic rings. The molecule has 1 aliphatic rings. The van der Waals surface area contributed by atoms with E-state index in [-0.39, 0.29) is 18.1 Å². The molecular weight excluding hydrogens is 252 g/mol. The summed E-state index contributed by atoms with van der Waals surface area (Å²) in [5.41, 5.74) is 2.07. The maximum atomic E-state index is 11.9. The maximum Gasteiger partial charge on any atom is 0.230 e. The van der Waals surface area contributed by atoms with Crippen molar-refractivity contribution >= 4 is 11.6 Å². The molecule has 1 amide bonds. The van der Waals surface area contributed by atoms with Crippen molar-refractivity contribution in [3.05, 3.63) is 29.8 Å². The zero-order valence-corrected chi connectivity index (χ0v) is 12.6. The average molecular weight is 277 g/mol. The van der Waals surface area contributed by atoms with Gasteiger partial charge in [-0.1, -0.05) is 17.7 Å². The summed E-state index contributed by atoms with van der Waals surface area (Å²) in [6.45, 7) is 9.08. The molecule has 0 unspecified atom stereocenters. The Kier molecular flexibility index (Phi) is 5.15. The van der Waals surface area contributed by atoms with Gasteiger partial charge in [-0.25, -0.2) is 0 Å². The summed E-state index contributed by atoms with van der Waals surface area (Å²) in [6.07, 6.45) is 1.13. The van der Waals surface area contributed by atoms with Gasteiger partial charge in [0.25, 0.3) is 0 Å². The number of hydrogen-bond donors (Lipinski definition) is 2. The predicted molar refractivity (Wildman–Crippen MR) is 80.0 cm³/mol. The third-order valence-electron chi connectivity index (χ3n) is 3.66. The molecule has 0 saturated carbocycles. The first-order chi connectivity index (χ1) is 9.52. The van der Waals surface area contributed by atoms with Gasteiger partial charge in [0.2, 0.25) is 5.91 Å². The molecular formula is C16H25N2O2+. The lowest BCUT2D eigenvalue weighted by atomic mass is 10.2. The summed E-state index contributed by atoms with van der Waals surface area (Å²) >= 11 is 0. The quantitative estimate of drug-likeness (QED) is 0.863. The van der Waals surface area contributed by atoms with Gasteiger partial charge in [0.05, 0.1) is 13.0 Å². The van der Waals surface area contributed by atoms with E-state index in [1.807, 2.05) is 31.2 Å². The summed E-state index contributed by atoms with van der Waals surface area (Å²) < 4.78 is 5.71. The first-order valence-electron chi connectivity index (χ1n) is 7.38. The van der Waals surface area contributed by atoms with Gasteiger partial charge in [0.1, 0.15) is 25.3 Å². The van der Waals surface area contributed by atoms with E-state index in [1.165, 1.54) is 10.5 Å². The molecule has 2 atom stereocenters. The highest BCUT2D eigenvalue weighted by atomic mass is 16.5. The highest BCUT2D eigenvalue weighted by Gasteiger charge is 2.25. The minimum atomic E-state index is 0.0909. The van der Waals surface area contributed by atoms with Crippen molar-refractivity contribution in [2.24, 2.45) is 0 Å². The minimum absolute atomic E-state index is 0.0909. The lowest BCUT2D eigenvalue weighted by Gasteiger charge is -2.32. The van der Waals surface area contributed by atoms with E-state index in [4.69, 9.17) is 4.74 Å². The second kappa shape index (κ2) is 6.86. The Morgan fingerprint density at radius 1 is 1.25 bits per heavy atom. The zero-order valence-electron chi connectivity index (χ0n) is 12.6. The molecule has 1 fully saturated rings. The third kappa shape index (κ3) is 4.62. The number of morpholine rings is 1. The Labute approximate surface area is 121 Å². The highest BCUT2D eigenvalue weighted by Crippen LogP contribution is 2.08. The summed E-state index contributed by atoms with van der Waals surface area (Å²) in [7, 11) is 0. The normalized spacial score (nSPS) is 26.2. The molecule has 4 nitrogen and oxygen atoms in total. The summed E-state index contributed by atoms with van der Waals surface area (Å²) in [6, 6.07) is 7.90. The van der Waals surface area contributed by atoms with Crippen molar-refractivity contribution in [2.45, 2.75) is 39.4 Å². The van der Waals surface area contributed by atoms with E-state index >= 15 is 0 Å². The number of ether oxygens (including phenoxy) is 1. The van der Waals surface area contributed by atoms with Crippen molar-refractivity contribution in [1.82, 2.24) is 0 Å². The van der Waals surface area contributed by atoms with Gasteiger partial charge in [0, 0.05) is 5.69 Å². The number of hydrogen-bond acceptors (Lipinski definition) is 2. The molecule has 0 bridgehead atoms. The van der Waals surface area contributed by atoms with E-state index in [9.17, 15) is 4.79 Å². The minimum Gasteiger partial charge on any atom is -0.364 e. The number of carbonyl (C=O) groups excluding carboxylic acids is 1. The van der Waals surface area contributed by atoms with Gasteiger partial charge >= 0.3 is 0 Å². The van der Waals surface area contributed by atoms with Crippen LogP contribution in [-0.4, -0.2) is 37.7 Å². The van der Waals surface area contributed by atoms with Crippen LogP contribution >= 0.6 is 0 Å². The van der Waals surface area contributed by atoms with Crippen LogP contribution in [0, 0.1) is 6.92 Å². The van der Waals surface area contributed by atoms with Crippen LogP contribution in [0.5, 0.6) is 0 Å². The molecule has 0 spiro atoms. The molecule has 110 valence electrons. The fourth-order valence-electron chi connectivity index (χ4n) is 2.74. The van der Waals surface area contributed by atoms with E-state index in [2.05, 4.69) is 19.2 Å². The second-order valence-electron chi connectivity index (χ2n) is 5.83. The number of carbonyl (C=O) groups is 1. The molecule has 1 heterocycles. The molecule has 20 heavy (non-hydrogen) atoms. The van der Waals surface area contributed by atoms with E-state index in [0.29, 0.717) is 6.42 Å². The number of anilines is 1. The van der Waals surface area contributed by atoms with Crippen LogP contribution in [0.15, 0.2) is 24.3 Å². The Morgan fingerprint density at radius 3 is 2.45 bits per heavy atom. The first kappa shape index (κ1) is 15.0. The van der Waals surface area contributed by atoms with Crippen LogP contribution < -0.4 is 10.2 Å². The number of quaternary nitrogens is 1. The third-order valence-corrected chi connectivity index (χ3v) is 3.66. The van der Waals surface area contributed by atoms with Gasteiger partial charge in [0.15, 0.2) is 0 Å². The molecule has 0 aromatic heterocycles. The number of amides is 1. The molecule has 0 radical (unpaired) electrons. The smallest absolute Gasteiger partial charge is 0.230 e. The SMILES string of the molecule is Cc1ccc(NC(=O)CC[NH+]2C[C@@H](C)O[C@H](C)C2)cc1. The topological polar surface area (TPSA) is 42.8 Å². The number of aryl methyl sites for hydroxylation is 1. The second-order valence-corrected chi connectivity index (χ2v) is 5.83. The van der Waals surface area contributed by atoms with Crippen LogP contribution in [0.1, 0.15) is 25.8 Å². The van der Waals surface area contributed by atoms with Gasteiger partial charge in [-0.05, 0) is 32.9 Å². The van der Waals surface area contributed by atoms with Crippen molar-refractivity contribution in [1.29, 1.82) is 0 Å². The van der Waals surface area contributed by atoms with Gasteiger partial charge < -0.3 is 15.0 Å². The van der Waals surface area contributed by atoms with Crippen molar-refractivity contribution in [2.75, 3.05) is 25.0 Å². The molecule has 2 rings (SSSR count). The fraction of sp³-hybridized carbons (Fsp3) is 0.562. The van der Waals surface area contributed by atoms with Crippen LogP contribution in [-0.2, 0) is 9.53 Å². The van der Waals surface area contributed by atoms with E-state index < -0.39 is 0 Å². The van der Waals surface area contributed by atoms with Gasteiger partial charge in [-0.3, -0.25) is 4.79 Å². The molecule has 1 aromatic carbocycles. The van der Waals surface area contributed by atoms with Crippen LogP contribution in [0.4, 0.5) is 5.69 Å². The van der Waals surface area contributed by atoms with Crippen molar-refractivity contribution in [3.8, 4) is 0 Å². The first-order valence-corrected chi connectivity index (χ1v) is 7.38. The largest absolute Gasteiger partial charge is 0.364 e. The van der Waals surface area contributed by atoms with Crippen LogP contribution in [0.25, 0.3) is 0 Å². The average Bonchev–Trinajstić information content (AvgIpc) is 2.38. The van der Waals surface area contributed by atoms with Crippen molar-refractivity contribution < 1.29 is 14.4 Å². The van der Waals surface area contributed by atoms with E-state index in [0.717, 1.165) is 25.3 Å². The maximum absolute atomic E-state index is 11.9.